The molecule has 4 heterocycles. The number of hydrogen-bond acceptors (Lipinski definition) is 14. The van der Waals surface area contributed by atoms with E-state index in [1.165, 1.54) is 4.90 Å². The maximum absolute atomic E-state index is 14.0. The number of nitrogens with one attached hydrogen (secondary N) is 2. The molecular weight excluding hydrogens is 815 g/mol. The third-order valence-electron chi connectivity index (χ3n) is 10.4. The van der Waals surface area contributed by atoms with Gasteiger partial charge in [-0.25, -0.2) is 4.98 Å². The number of aryl methyl sites for hydroxylation is 1. The Morgan fingerprint density at radius 3 is 2.35 bits per heavy atom. The molecular formula is C44H55N9O8S. The van der Waals surface area contributed by atoms with E-state index in [-0.39, 0.29) is 56.3 Å². The van der Waals surface area contributed by atoms with Crippen LogP contribution in [-0.2, 0) is 35.1 Å². The van der Waals surface area contributed by atoms with Crippen molar-refractivity contribution in [2.45, 2.75) is 71.8 Å². The Morgan fingerprint density at radius 1 is 0.952 bits per heavy atom. The number of likely N-dealkylation sites (tertiary alicyclic amines) is 1. The molecule has 0 unspecified atom stereocenters. The Bertz CT molecular complexity index is 2290. The smallest absolute Gasteiger partial charge is 0.246 e. The topological polar surface area (TPSA) is 229 Å². The van der Waals surface area contributed by atoms with Gasteiger partial charge in [-0.2, -0.15) is 5.10 Å². The summed E-state index contributed by atoms with van der Waals surface area (Å²) < 4.78 is 18.5. The summed E-state index contributed by atoms with van der Waals surface area (Å²) in [6.07, 6.45) is 2.71. The quantitative estimate of drug-likeness (QED) is 0.0736. The fraction of sp³-hybridized carbons (Fsp3) is 0.432. The van der Waals surface area contributed by atoms with Crippen LogP contribution in [0, 0.1) is 12.3 Å². The Kier molecular flexibility index (Phi) is 15.4. The van der Waals surface area contributed by atoms with Gasteiger partial charge in [-0.1, -0.05) is 57.2 Å². The number of carbonyl (C=O) groups is 3. The molecule has 1 fully saturated rings. The zero-order valence-corrected chi connectivity index (χ0v) is 36.4. The molecule has 4 atom stereocenters. The van der Waals surface area contributed by atoms with Gasteiger partial charge >= 0.3 is 0 Å². The number of phenolic OH excluding ortho intramolecular Hbond substituents is 1. The van der Waals surface area contributed by atoms with Gasteiger partial charge in [0.1, 0.15) is 24.4 Å². The first-order chi connectivity index (χ1) is 29.7. The number of carbonyl (C=O) groups excluding carboxylic acids is 3. The van der Waals surface area contributed by atoms with E-state index in [1.807, 2.05) is 70.6 Å². The Hall–Kier alpha value is -5.79. The summed E-state index contributed by atoms with van der Waals surface area (Å²) >= 11 is 1.57. The number of anilines is 1. The summed E-state index contributed by atoms with van der Waals surface area (Å²) in [5.41, 5.74) is 12.5. The van der Waals surface area contributed by atoms with Crippen LogP contribution >= 0.6 is 11.3 Å². The summed E-state index contributed by atoms with van der Waals surface area (Å²) in [5.74, 6) is -0.986. The van der Waals surface area contributed by atoms with E-state index in [1.54, 1.807) is 52.5 Å². The molecule has 3 aromatic heterocycles. The number of thiazole rings is 1. The monoisotopic (exact) mass is 869 g/mol. The van der Waals surface area contributed by atoms with Crippen LogP contribution in [0.4, 0.5) is 5.82 Å². The summed E-state index contributed by atoms with van der Waals surface area (Å²) in [6, 6.07) is 14.3. The normalized spacial score (nSPS) is 16.3. The Morgan fingerprint density at radius 2 is 1.66 bits per heavy atom. The van der Waals surface area contributed by atoms with Crippen molar-refractivity contribution in [3.05, 3.63) is 83.8 Å². The van der Waals surface area contributed by atoms with Gasteiger partial charge < -0.3 is 45.7 Å². The molecule has 0 bridgehead atoms. The maximum Gasteiger partial charge on any atom is 0.246 e. The number of phenols is 1. The fourth-order valence-electron chi connectivity index (χ4n) is 7.06. The Balaban J connectivity index is 0.885. The van der Waals surface area contributed by atoms with E-state index in [9.17, 15) is 24.6 Å². The third kappa shape index (κ3) is 11.8. The highest BCUT2D eigenvalue weighted by Gasteiger charge is 2.44. The van der Waals surface area contributed by atoms with Gasteiger partial charge in [0.05, 0.1) is 79.7 Å². The average molecular weight is 870 g/mol. The van der Waals surface area contributed by atoms with E-state index in [0.29, 0.717) is 43.2 Å². The molecule has 330 valence electrons. The highest BCUT2D eigenvalue weighted by Crippen LogP contribution is 2.33. The second-order valence-electron chi connectivity index (χ2n) is 16.2. The standard InChI is InChI=1S/C44H55N9O8S/c1-27(29-10-12-30(13-11-29)39-28(2)46-26-62-39)48-42(57)36-20-32(54)24-53(36)43(58)40(44(3,4)5)49-38(56)25-61-19-18-60-17-16-59-15-14-52-23-31(22-47-52)34-21-35(50-51-41(34)45)33-8-6-7-9-37(33)55/h6-13,21-23,26-27,32,36,40,54-55H,14-20,24-25H2,1-5H3,(H2,45,51)(H,48,57)(H,49,56)/t27-,32+,36-,40+/m0/s1. The minimum Gasteiger partial charge on any atom is -0.507 e. The molecule has 0 radical (unpaired) electrons. The molecule has 2 aromatic carbocycles. The van der Waals surface area contributed by atoms with Crippen LogP contribution < -0.4 is 16.4 Å². The van der Waals surface area contributed by atoms with E-state index >= 15 is 0 Å². The van der Waals surface area contributed by atoms with Crippen LogP contribution in [-0.4, -0.2) is 122 Å². The first kappa shape index (κ1) is 45.7. The number of ether oxygens (including phenoxy) is 3. The van der Waals surface area contributed by atoms with Crippen LogP contribution in [0.1, 0.15) is 51.4 Å². The second-order valence-corrected chi connectivity index (χ2v) is 17.1. The highest BCUT2D eigenvalue weighted by atomic mass is 32.1. The summed E-state index contributed by atoms with van der Waals surface area (Å²) in [5, 5.41) is 39.2. The Labute approximate surface area is 364 Å². The van der Waals surface area contributed by atoms with Crippen molar-refractivity contribution >= 4 is 34.9 Å². The number of para-hydroxylation sites is 1. The van der Waals surface area contributed by atoms with Gasteiger partial charge in [-0.15, -0.1) is 21.5 Å². The lowest BCUT2D eigenvalue weighted by molar-refractivity contribution is -0.144. The number of aromatic hydroxyl groups is 1. The summed E-state index contributed by atoms with van der Waals surface area (Å²) in [4.78, 5) is 47.3. The van der Waals surface area contributed by atoms with E-state index in [4.69, 9.17) is 19.9 Å². The molecule has 5 aromatic rings. The number of hydrogen-bond donors (Lipinski definition) is 5. The average Bonchev–Trinajstić information content (AvgIpc) is 4.00. The van der Waals surface area contributed by atoms with Gasteiger partial charge in [0.25, 0.3) is 0 Å². The lowest BCUT2D eigenvalue weighted by Gasteiger charge is -2.35. The van der Waals surface area contributed by atoms with Crippen LogP contribution in [0.15, 0.2) is 72.5 Å². The van der Waals surface area contributed by atoms with Crippen molar-refractivity contribution in [3.8, 4) is 38.6 Å². The lowest BCUT2D eigenvalue weighted by atomic mass is 9.85. The minimum atomic E-state index is -0.977. The molecule has 62 heavy (non-hydrogen) atoms. The molecule has 0 saturated carbocycles. The highest BCUT2D eigenvalue weighted by molar-refractivity contribution is 7.13. The molecule has 0 aliphatic carbocycles. The summed E-state index contributed by atoms with van der Waals surface area (Å²) in [7, 11) is 0. The number of amides is 3. The van der Waals surface area contributed by atoms with Crippen LogP contribution in [0.3, 0.4) is 0 Å². The van der Waals surface area contributed by atoms with Crippen LogP contribution in [0.2, 0.25) is 0 Å². The number of β-amino-alcohol motifs (C(OH)–C–C–N with tert-alkyl or cyclic N) is 1. The third-order valence-corrected chi connectivity index (χ3v) is 11.4. The number of benzene rings is 2. The van der Waals surface area contributed by atoms with Gasteiger partial charge in [0, 0.05) is 35.9 Å². The molecule has 18 heteroatoms. The number of nitrogens with two attached hydrogens (primary N) is 1. The molecule has 1 saturated heterocycles. The molecule has 0 spiro atoms. The number of nitrogens with zero attached hydrogens (tertiary/aromatic N) is 6. The second kappa shape index (κ2) is 20.9. The first-order valence-electron chi connectivity index (χ1n) is 20.5. The molecule has 3 amide bonds. The van der Waals surface area contributed by atoms with Gasteiger partial charge in [-0.3, -0.25) is 19.1 Å². The molecule has 6 rings (SSSR count). The van der Waals surface area contributed by atoms with Crippen molar-refractivity contribution in [3.63, 3.8) is 0 Å². The number of aliphatic hydroxyl groups excluding tert-OH is 1. The van der Waals surface area contributed by atoms with E-state index in [0.717, 1.165) is 27.3 Å². The summed E-state index contributed by atoms with van der Waals surface area (Å²) in [6.45, 7) is 10.9. The zero-order chi connectivity index (χ0) is 44.4. The first-order valence-corrected chi connectivity index (χ1v) is 21.3. The lowest BCUT2D eigenvalue weighted by Crippen LogP contribution is -2.58. The molecule has 17 nitrogen and oxygen atoms in total. The van der Waals surface area contributed by atoms with Crippen molar-refractivity contribution in [1.29, 1.82) is 0 Å². The van der Waals surface area contributed by atoms with Crippen molar-refractivity contribution in [1.82, 2.24) is 40.5 Å². The van der Waals surface area contributed by atoms with Crippen LogP contribution in [0.5, 0.6) is 5.75 Å². The fourth-order valence-corrected chi connectivity index (χ4v) is 7.87. The van der Waals surface area contributed by atoms with Gasteiger partial charge in [0.2, 0.25) is 17.7 Å². The molecule has 6 N–H and O–H groups in total. The maximum atomic E-state index is 14.0. The van der Waals surface area contributed by atoms with Crippen LogP contribution in [0.25, 0.3) is 32.8 Å². The minimum absolute atomic E-state index is 0.0260. The molecule has 1 aliphatic rings. The van der Waals surface area contributed by atoms with Crippen molar-refractivity contribution in [2.24, 2.45) is 5.41 Å². The van der Waals surface area contributed by atoms with E-state index < -0.39 is 35.4 Å². The number of aromatic nitrogens is 5. The number of aliphatic hydroxyl groups is 1. The van der Waals surface area contributed by atoms with Gasteiger partial charge in [-0.05, 0) is 48.6 Å². The van der Waals surface area contributed by atoms with Crippen molar-refractivity contribution < 1.29 is 38.8 Å². The van der Waals surface area contributed by atoms with E-state index in [2.05, 4.69) is 30.9 Å². The SMILES string of the molecule is Cc1ncsc1-c1ccc([C@H](C)NC(=O)[C@@H]2C[C@@H](O)CN2C(=O)[C@@H](NC(=O)COCCOCCOCCn2cc(-c3cc(-c4ccccc4O)nnc3N)cn2)C(C)(C)C)cc1. The number of nitrogen functional groups attached to an aromatic ring is 1. The van der Waals surface area contributed by atoms with Gasteiger partial charge in [0.15, 0.2) is 5.82 Å². The predicted molar refractivity (Wildman–Crippen MR) is 234 cm³/mol. The largest absolute Gasteiger partial charge is 0.507 e. The zero-order valence-electron chi connectivity index (χ0n) is 35.6. The van der Waals surface area contributed by atoms with Crippen molar-refractivity contribution in [2.75, 3.05) is 51.9 Å². The predicted octanol–water partition coefficient (Wildman–Crippen LogP) is 4.15. The number of rotatable bonds is 19. The molecule has 1 aliphatic heterocycles.